The lowest BCUT2D eigenvalue weighted by Crippen LogP contribution is -2.11. The molecule has 41 heavy (non-hydrogen) atoms. The molecule has 0 aliphatic heterocycles. The quantitative estimate of drug-likeness (QED) is 0.206. The molecular formula is C28H22ClN5O5S2. The van der Waals surface area contributed by atoms with E-state index >= 15 is 0 Å². The number of aromatic nitrogens is 2. The van der Waals surface area contributed by atoms with Crippen LogP contribution in [0.5, 0.6) is 17.2 Å². The molecule has 0 saturated carbocycles. The number of nitriles is 1. The van der Waals surface area contributed by atoms with Crippen molar-refractivity contribution in [2.75, 3.05) is 24.0 Å². The van der Waals surface area contributed by atoms with Gasteiger partial charge in [-0.1, -0.05) is 23.7 Å². The third-order valence-electron chi connectivity index (χ3n) is 6.15. The Morgan fingerprint density at radius 1 is 1.15 bits per heavy atom. The van der Waals surface area contributed by atoms with Crippen molar-refractivity contribution in [2.24, 2.45) is 0 Å². The third kappa shape index (κ3) is 5.55. The number of carbonyl (C=O) groups excluding carboxylic acids is 1. The molecule has 0 saturated heterocycles. The summed E-state index contributed by atoms with van der Waals surface area (Å²) in [7, 11) is -2.01. The molecule has 5 aromatic rings. The largest absolute Gasteiger partial charge is 0.493 e. The summed E-state index contributed by atoms with van der Waals surface area (Å²) in [5, 5.41) is 21.4. The van der Waals surface area contributed by atoms with Crippen LogP contribution < -0.4 is 20.1 Å². The second kappa shape index (κ2) is 11.1. The van der Waals surface area contributed by atoms with Gasteiger partial charge in [-0.05, 0) is 43.3 Å². The van der Waals surface area contributed by atoms with Gasteiger partial charge in [-0.2, -0.15) is 10.4 Å². The van der Waals surface area contributed by atoms with Crippen LogP contribution >= 0.6 is 22.9 Å². The number of ether oxygens (including phenoxy) is 2. The number of thiophene rings is 1. The normalized spacial score (nSPS) is 11.2. The number of hydrogen-bond acceptors (Lipinski definition) is 9. The number of sulfone groups is 1. The number of halogens is 1. The van der Waals surface area contributed by atoms with E-state index < -0.39 is 15.7 Å². The Hall–Kier alpha value is -4.57. The summed E-state index contributed by atoms with van der Waals surface area (Å²) in [5.41, 5.74) is 3.11. The van der Waals surface area contributed by atoms with E-state index in [0.29, 0.717) is 51.0 Å². The van der Waals surface area contributed by atoms with Gasteiger partial charge in [-0.15, -0.1) is 11.3 Å². The molecule has 0 bridgehead atoms. The highest BCUT2D eigenvalue weighted by Gasteiger charge is 2.24. The Bertz CT molecular complexity index is 1940. The second-order valence-electron chi connectivity index (χ2n) is 8.88. The number of fused-ring (bicyclic) bond motifs is 1. The number of carbonyl (C=O) groups is 1. The van der Waals surface area contributed by atoms with Crippen molar-refractivity contribution >= 4 is 61.3 Å². The second-order valence-corrected chi connectivity index (χ2v) is 12.1. The van der Waals surface area contributed by atoms with Crippen LogP contribution in [0.25, 0.3) is 5.52 Å². The predicted molar refractivity (Wildman–Crippen MR) is 158 cm³/mol. The van der Waals surface area contributed by atoms with Gasteiger partial charge < -0.3 is 20.1 Å². The summed E-state index contributed by atoms with van der Waals surface area (Å²) < 4.78 is 36.7. The minimum atomic E-state index is -3.58. The smallest absolute Gasteiger partial charge is 0.267 e. The average molecular weight is 608 g/mol. The van der Waals surface area contributed by atoms with Gasteiger partial charge in [-0.3, -0.25) is 4.79 Å². The molecule has 2 N–H and O–H groups in total. The molecule has 3 aromatic heterocycles. The first-order valence-corrected chi connectivity index (χ1v) is 15.1. The molecule has 0 aliphatic rings. The van der Waals surface area contributed by atoms with Crippen LogP contribution in [0.15, 0.2) is 71.2 Å². The zero-order chi connectivity index (χ0) is 29.3. The Morgan fingerprint density at radius 2 is 1.85 bits per heavy atom. The van der Waals surface area contributed by atoms with Crippen LogP contribution in [-0.2, 0) is 9.84 Å². The number of nitrogens with zero attached hydrogens (tertiary/aromatic N) is 3. The maximum Gasteiger partial charge on any atom is 0.267 e. The number of hydrogen-bond donors (Lipinski definition) is 2. The highest BCUT2D eigenvalue weighted by atomic mass is 35.5. The number of benzene rings is 2. The van der Waals surface area contributed by atoms with Crippen LogP contribution in [0, 0.1) is 18.3 Å². The summed E-state index contributed by atoms with van der Waals surface area (Å²) in [6, 6.07) is 16.7. The third-order valence-corrected chi connectivity index (χ3v) is 9.02. The van der Waals surface area contributed by atoms with E-state index in [1.54, 1.807) is 42.9 Å². The number of nitrogens with one attached hydrogen (secondary N) is 2. The van der Waals surface area contributed by atoms with Crippen LogP contribution in [0.3, 0.4) is 0 Å². The average Bonchev–Trinajstić information content (AvgIpc) is 3.50. The highest BCUT2D eigenvalue weighted by molar-refractivity contribution is 7.91. The zero-order valence-electron chi connectivity index (χ0n) is 21.9. The molecule has 0 spiro atoms. The minimum Gasteiger partial charge on any atom is -0.493 e. The van der Waals surface area contributed by atoms with Gasteiger partial charge in [0.05, 0.1) is 51.9 Å². The van der Waals surface area contributed by atoms with Gasteiger partial charge in [0.25, 0.3) is 5.91 Å². The highest BCUT2D eigenvalue weighted by Crippen LogP contribution is 2.36. The van der Waals surface area contributed by atoms with Crippen molar-refractivity contribution in [3.63, 3.8) is 0 Å². The lowest BCUT2D eigenvalue weighted by atomic mass is 10.1. The Morgan fingerprint density at radius 3 is 2.49 bits per heavy atom. The molecule has 13 heteroatoms. The molecule has 5 rings (SSSR count). The molecule has 0 aliphatic carbocycles. The minimum absolute atomic E-state index is 0.0706. The first-order valence-electron chi connectivity index (χ1n) is 12.0. The SMILES string of the molecule is COc1ccccc1Oc1ccc(Nc2c(C#N)cnn3cc(NC(=O)c4scc(S(C)(=O)=O)c4Cl)c(C)c23)cc1. The summed E-state index contributed by atoms with van der Waals surface area (Å²) in [4.78, 5) is 13.0. The van der Waals surface area contributed by atoms with E-state index in [-0.39, 0.29) is 14.8 Å². The van der Waals surface area contributed by atoms with Crippen LogP contribution in [-0.4, -0.2) is 37.3 Å². The number of anilines is 3. The van der Waals surface area contributed by atoms with E-state index in [0.717, 1.165) is 17.6 Å². The zero-order valence-corrected chi connectivity index (χ0v) is 24.3. The lowest BCUT2D eigenvalue weighted by Gasteiger charge is -2.13. The summed E-state index contributed by atoms with van der Waals surface area (Å²) >= 11 is 7.15. The molecule has 3 heterocycles. The number of rotatable bonds is 8. The summed E-state index contributed by atoms with van der Waals surface area (Å²) in [6.07, 6.45) is 4.06. The molecule has 2 aromatic carbocycles. The van der Waals surface area contributed by atoms with Crippen molar-refractivity contribution < 1.29 is 22.7 Å². The van der Waals surface area contributed by atoms with Gasteiger partial charge in [0, 0.05) is 22.9 Å². The summed E-state index contributed by atoms with van der Waals surface area (Å²) in [6.45, 7) is 1.78. The lowest BCUT2D eigenvalue weighted by molar-refractivity contribution is 0.103. The van der Waals surface area contributed by atoms with Crippen molar-refractivity contribution in [3.05, 3.63) is 87.3 Å². The molecule has 0 fully saturated rings. The summed E-state index contributed by atoms with van der Waals surface area (Å²) in [5.74, 6) is 1.22. The maximum atomic E-state index is 13.0. The van der Waals surface area contributed by atoms with Crippen LogP contribution in [0.2, 0.25) is 5.02 Å². The van der Waals surface area contributed by atoms with E-state index in [1.165, 1.54) is 11.6 Å². The van der Waals surface area contributed by atoms with E-state index in [9.17, 15) is 18.5 Å². The van der Waals surface area contributed by atoms with E-state index in [2.05, 4.69) is 21.8 Å². The topological polar surface area (TPSA) is 135 Å². The van der Waals surface area contributed by atoms with E-state index in [1.807, 2.05) is 30.3 Å². The van der Waals surface area contributed by atoms with Crippen molar-refractivity contribution in [2.45, 2.75) is 11.8 Å². The standard InChI is InChI=1S/C28H22ClN5O5S2/c1-16-20(33-28(35)27-24(29)23(15-40-27)41(3,36)37)14-34-26(16)25(17(12-30)13-31-34)32-18-8-10-19(11-9-18)39-22-7-5-4-6-21(22)38-2/h4-11,13-15,32H,1-3H3,(H,33,35). The van der Waals surface area contributed by atoms with Gasteiger partial charge in [0.15, 0.2) is 21.3 Å². The van der Waals surface area contributed by atoms with Crippen LogP contribution in [0.4, 0.5) is 17.1 Å². The Labute approximate surface area is 244 Å². The molecule has 1 amide bonds. The molecule has 208 valence electrons. The molecular weight excluding hydrogens is 586 g/mol. The van der Waals surface area contributed by atoms with Gasteiger partial charge in [0.2, 0.25) is 0 Å². The molecule has 10 nitrogen and oxygen atoms in total. The first kappa shape index (κ1) is 28.0. The Balaban J connectivity index is 1.43. The molecule has 0 unspecified atom stereocenters. The fraction of sp³-hybridized carbons (Fsp3) is 0.107. The monoisotopic (exact) mass is 607 g/mol. The number of para-hydroxylation sites is 2. The maximum absolute atomic E-state index is 13.0. The molecule has 0 radical (unpaired) electrons. The van der Waals surface area contributed by atoms with Gasteiger partial charge >= 0.3 is 0 Å². The van der Waals surface area contributed by atoms with Crippen molar-refractivity contribution in [1.29, 1.82) is 5.26 Å². The number of aryl methyl sites for hydroxylation is 1. The van der Waals surface area contributed by atoms with Gasteiger partial charge in [0.1, 0.15) is 16.7 Å². The molecule has 0 atom stereocenters. The number of methoxy groups -OCH3 is 1. The fourth-order valence-corrected chi connectivity index (χ4v) is 6.93. The fourth-order valence-electron chi connectivity index (χ4n) is 4.12. The van der Waals surface area contributed by atoms with E-state index in [4.69, 9.17) is 21.1 Å². The Kier molecular flexibility index (Phi) is 7.59. The number of amides is 1. The predicted octanol–water partition coefficient (Wildman–Crippen LogP) is 6.43. The first-order chi connectivity index (χ1) is 19.6. The van der Waals surface area contributed by atoms with Crippen LogP contribution in [0.1, 0.15) is 20.8 Å². The van der Waals surface area contributed by atoms with Gasteiger partial charge in [-0.25, -0.2) is 12.9 Å². The van der Waals surface area contributed by atoms with Crippen molar-refractivity contribution in [3.8, 4) is 23.3 Å². The van der Waals surface area contributed by atoms with Crippen molar-refractivity contribution in [1.82, 2.24) is 9.61 Å².